The van der Waals surface area contributed by atoms with E-state index in [1.54, 1.807) is 31.4 Å². The SMILES string of the molecule is COCC(C)NC(=O)CNc1ccc(S(=O)(=O)C2CCCC2)cc1. The number of carbonyl (C=O) groups excluding carboxylic acids is 1. The number of hydrogen-bond acceptors (Lipinski definition) is 5. The fourth-order valence-corrected chi connectivity index (χ4v) is 4.81. The molecule has 134 valence electrons. The third kappa shape index (κ3) is 4.95. The lowest BCUT2D eigenvalue weighted by Crippen LogP contribution is -2.39. The molecule has 0 aliphatic heterocycles. The molecule has 1 aromatic rings. The lowest BCUT2D eigenvalue weighted by Gasteiger charge is -2.14. The summed E-state index contributed by atoms with van der Waals surface area (Å²) in [5.41, 5.74) is 0.718. The maximum Gasteiger partial charge on any atom is 0.239 e. The second-order valence-corrected chi connectivity index (χ2v) is 8.48. The van der Waals surface area contributed by atoms with Crippen LogP contribution in [0, 0.1) is 0 Å². The van der Waals surface area contributed by atoms with Gasteiger partial charge in [-0.3, -0.25) is 4.79 Å². The van der Waals surface area contributed by atoms with E-state index in [1.807, 2.05) is 6.92 Å². The zero-order valence-electron chi connectivity index (χ0n) is 14.2. The summed E-state index contributed by atoms with van der Waals surface area (Å²) in [5, 5.41) is 5.55. The van der Waals surface area contributed by atoms with Gasteiger partial charge in [-0.05, 0) is 44.0 Å². The topological polar surface area (TPSA) is 84.5 Å². The van der Waals surface area contributed by atoms with Crippen LogP contribution in [0.25, 0.3) is 0 Å². The van der Waals surface area contributed by atoms with E-state index in [4.69, 9.17) is 4.74 Å². The molecule has 0 radical (unpaired) electrons. The Morgan fingerprint density at radius 1 is 1.25 bits per heavy atom. The number of methoxy groups -OCH3 is 1. The Hall–Kier alpha value is -1.60. The molecule has 1 aliphatic carbocycles. The van der Waals surface area contributed by atoms with Gasteiger partial charge in [-0.1, -0.05) is 12.8 Å². The zero-order valence-corrected chi connectivity index (χ0v) is 15.1. The molecular formula is C17H26N2O4S. The molecule has 2 N–H and O–H groups in total. The normalized spacial score (nSPS) is 16.8. The van der Waals surface area contributed by atoms with Crippen LogP contribution in [0.3, 0.4) is 0 Å². The molecule has 0 saturated heterocycles. The van der Waals surface area contributed by atoms with Crippen LogP contribution in [-0.2, 0) is 19.4 Å². The lowest BCUT2D eigenvalue weighted by atomic mass is 10.3. The molecule has 0 heterocycles. The molecule has 0 spiro atoms. The van der Waals surface area contributed by atoms with Crippen LogP contribution in [0.4, 0.5) is 5.69 Å². The smallest absolute Gasteiger partial charge is 0.239 e. The quantitative estimate of drug-likeness (QED) is 0.745. The highest BCUT2D eigenvalue weighted by molar-refractivity contribution is 7.92. The summed E-state index contributed by atoms with van der Waals surface area (Å²) in [5.74, 6) is -0.137. The first-order valence-electron chi connectivity index (χ1n) is 8.29. The first-order valence-corrected chi connectivity index (χ1v) is 9.84. The van der Waals surface area contributed by atoms with Crippen LogP contribution >= 0.6 is 0 Å². The first-order chi connectivity index (χ1) is 11.4. The maximum atomic E-state index is 12.5. The van der Waals surface area contributed by atoms with Gasteiger partial charge in [-0.2, -0.15) is 0 Å². The molecule has 0 bridgehead atoms. The van der Waals surface area contributed by atoms with Gasteiger partial charge >= 0.3 is 0 Å². The van der Waals surface area contributed by atoms with Crippen molar-refractivity contribution in [2.24, 2.45) is 0 Å². The minimum Gasteiger partial charge on any atom is -0.383 e. The fraction of sp³-hybridized carbons (Fsp3) is 0.588. The minimum absolute atomic E-state index is 0.0526. The second kappa shape index (κ2) is 8.48. The fourth-order valence-electron chi connectivity index (χ4n) is 2.95. The number of carbonyl (C=O) groups is 1. The molecule has 1 aromatic carbocycles. The summed E-state index contributed by atoms with van der Waals surface area (Å²) in [6.07, 6.45) is 3.48. The van der Waals surface area contributed by atoms with Crippen molar-refractivity contribution in [3.05, 3.63) is 24.3 Å². The van der Waals surface area contributed by atoms with Crippen LogP contribution in [0.2, 0.25) is 0 Å². The molecule has 24 heavy (non-hydrogen) atoms. The molecule has 2 rings (SSSR count). The number of benzene rings is 1. The van der Waals surface area contributed by atoms with Crippen molar-refractivity contribution in [3.63, 3.8) is 0 Å². The van der Waals surface area contributed by atoms with E-state index in [0.29, 0.717) is 11.5 Å². The summed E-state index contributed by atoms with van der Waals surface area (Å²) in [7, 11) is -1.64. The molecule has 6 nitrogen and oxygen atoms in total. The van der Waals surface area contributed by atoms with E-state index < -0.39 is 9.84 Å². The van der Waals surface area contributed by atoms with Gasteiger partial charge in [0.05, 0.1) is 23.3 Å². The summed E-state index contributed by atoms with van der Waals surface area (Å²) in [4.78, 5) is 12.1. The monoisotopic (exact) mass is 354 g/mol. The Morgan fingerprint density at radius 3 is 2.46 bits per heavy atom. The predicted molar refractivity (Wildman–Crippen MR) is 93.9 cm³/mol. The van der Waals surface area contributed by atoms with Crippen LogP contribution in [0.15, 0.2) is 29.2 Å². The van der Waals surface area contributed by atoms with E-state index in [0.717, 1.165) is 31.4 Å². The maximum absolute atomic E-state index is 12.5. The Bertz CT molecular complexity index is 637. The number of ether oxygens (including phenoxy) is 1. The standard InChI is InChI=1S/C17H26N2O4S/c1-13(12-23-2)19-17(20)11-18-14-7-9-16(10-8-14)24(21,22)15-5-3-4-6-15/h7-10,13,15,18H,3-6,11-12H2,1-2H3,(H,19,20). The van der Waals surface area contributed by atoms with Gasteiger partial charge < -0.3 is 15.4 Å². The van der Waals surface area contributed by atoms with E-state index in [2.05, 4.69) is 10.6 Å². The van der Waals surface area contributed by atoms with Gasteiger partial charge in [0.25, 0.3) is 0 Å². The minimum atomic E-state index is -3.23. The van der Waals surface area contributed by atoms with Crippen molar-refractivity contribution in [1.82, 2.24) is 5.32 Å². The van der Waals surface area contributed by atoms with Gasteiger partial charge in [-0.25, -0.2) is 8.42 Å². The van der Waals surface area contributed by atoms with Crippen molar-refractivity contribution in [1.29, 1.82) is 0 Å². The molecule has 1 fully saturated rings. The molecule has 1 aliphatic rings. The van der Waals surface area contributed by atoms with E-state index in [-0.39, 0.29) is 23.7 Å². The third-order valence-corrected chi connectivity index (χ3v) is 6.48. The Morgan fingerprint density at radius 2 is 1.88 bits per heavy atom. The number of hydrogen-bond donors (Lipinski definition) is 2. The van der Waals surface area contributed by atoms with Gasteiger partial charge in [0.15, 0.2) is 9.84 Å². The predicted octanol–water partition coefficient (Wildman–Crippen LogP) is 1.97. The van der Waals surface area contributed by atoms with Crippen LogP contribution in [0.1, 0.15) is 32.6 Å². The highest BCUT2D eigenvalue weighted by atomic mass is 32.2. The van der Waals surface area contributed by atoms with Crippen LogP contribution in [0.5, 0.6) is 0 Å². The molecule has 1 atom stereocenters. The Labute approximate surface area is 143 Å². The summed E-state index contributed by atoms with van der Waals surface area (Å²) in [6.45, 7) is 2.45. The highest BCUT2D eigenvalue weighted by Gasteiger charge is 2.30. The number of nitrogens with one attached hydrogen (secondary N) is 2. The average molecular weight is 354 g/mol. The number of anilines is 1. The number of sulfone groups is 1. The molecule has 1 unspecified atom stereocenters. The van der Waals surface area contributed by atoms with Crippen molar-refractivity contribution >= 4 is 21.4 Å². The third-order valence-electron chi connectivity index (χ3n) is 4.20. The van der Waals surface area contributed by atoms with E-state index in [9.17, 15) is 13.2 Å². The summed E-state index contributed by atoms with van der Waals surface area (Å²) >= 11 is 0. The van der Waals surface area contributed by atoms with Crippen LogP contribution < -0.4 is 10.6 Å². The summed E-state index contributed by atoms with van der Waals surface area (Å²) in [6, 6.07) is 6.58. The van der Waals surface area contributed by atoms with Crippen molar-refractivity contribution in [2.45, 2.75) is 48.8 Å². The van der Waals surface area contributed by atoms with Gasteiger partial charge in [0.1, 0.15) is 0 Å². The van der Waals surface area contributed by atoms with Gasteiger partial charge in [0.2, 0.25) is 5.91 Å². The van der Waals surface area contributed by atoms with Gasteiger partial charge in [-0.15, -0.1) is 0 Å². The van der Waals surface area contributed by atoms with Crippen LogP contribution in [-0.4, -0.2) is 45.9 Å². The van der Waals surface area contributed by atoms with Crippen molar-refractivity contribution < 1.29 is 17.9 Å². The van der Waals surface area contributed by atoms with Crippen molar-refractivity contribution in [2.75, 3.05) is 25.6 Å². The molecule has 1 amide bonds. The van der Waals surface area contributed by atoms with Crippen molar-refractivity contribution in [3.8, 4) is 0 Å². The largest absolute Gasteiger partial charge is 0.383 e. The zero-order chi connectivity index (χ0) is 17.6. The molecule has 0 aromatic heterocycles. The highest BCUT2D eigenvalue weighted by Crippen LogP contribution is 2.29. The summed E-state index contributed by atoms with van der Waals surface area (Å²) < 4.78 is 30.0. The number of rotatable bonds is 8. The van der Waals surface area contributed by atoms with E-state index >= 15 is 0 Å². The molecule has 7 heteroatoms. The van der Waals surface area contributed by atoms with Gasteiger partial charge in [0, 0.05) is 18.8 Å². The molecule has 1 saturated carbocycles. The average Bonchev–Trinajstić information content (AvgIpc) is 3.09. The number of amides is 1. The molecular weight excluding hydrogens is 328 g/mol. The van der Waals surface area contributed by atoms with E-state index in [1.165, 1.54) is 0 Å². The Balaban J connectivity index is 1.89. The first kappa shape index (κ1) is 18.7. The Kier molecular flexibility index (Phi) is 6.62. The second-order valence-electron chi connectivity index (χ2n) is 6.25. The lowest BCUT2D eigenvalue weighted by molar-refractivity contribution is -0.120.